The number of furan rings is 1. The van der Waals surface area contributed by atoms with E-state index in [0.29, 0.717) is 17.9 Å². The highest BCUT2D eigenvalue weighted by Gasteiger charge is 2.56. The maximum absolute atomic E-state index is 12.7. The van der Waals surface area contributed by atoms with Crippen LogP contribution in [-0.2, 0) is 4.79 Å². The van der Waals surface area contributed by atoms with Crippen molar-refractivity contribution in [3.05, 3.63) is 53.0 Å². The molecule has 0 saturated heterocycles. The van der Waals surface area contributed by atoms with Gasteiger partial charge in [-0.15, -0.1) is 0 Å². The van der Waals surface area contributed by atoms with Gasteiger partial charge in [0.25, 0.3) is 0 Å². The van der Waals surface area contributed by atoms with Crippen LogP contribution in [0.3, 0.4) is 0 Å². The third-order valence-corrected chi connectivity index (χ3v) is 5.96. The van der Waals surface area contributed by atoms with Gasteiger partial charge in [-0.05, 0) is 54.5 Å². The summed E-state index contributed by atoms with van der Waals surface area (Å²) in [6.45, 7) is 6.22. The SMILES string of the molecule is CC1=CC(=O)C2=C3[C@@]1(O)CC[C@@H](C)[C@]3(C)C=C2c1ccoc1. The second kappa shape index (κ2) is 4.11. The Morgan fingerprint density at radius 1 is 1.41 bits per heavy atom. The minimum atomic E-state index is -0.980. The number of aliphatic hydroxyl groups is 1. The molecule has 0 aliphatic heterocycles. The van der Waals surface area contributed by atoms with Crippen molar-refractivity contribution in [1.82, 2.24) is 0 Å². The van der Waals surface area contributed by atoms with Gasteiger partial charge in [0.2, 0.25) is 0 Å². The molecule has 1 N–H and O–H groups in total. The van der Waals surface area contributed by atoms with Gasteiger partial charge in [-0.1, -0.05) is 19.9 Å². The molecule has 1 saturated carbocycles. The van der Waals surface area contributed by atoms with Crippen LogP contribution in [0.1, 0.15) is 39.2 Å². The van der Waals surface area contributed by atoms with Gasteiger partial charge in [0, 0.05) is 16.6 Å². The van der Waals surface area contributed by atoms with Crippen LogP contribution in [-0.4, -0.2) is 16.5 Å². The van der Waals surface area contributed by atoms with Crippen LogP contribution in [0.25, 0.3) is 5.57 Å². The summed E-state index contributed by atoms with van der Waals surface area (Å²) < 4.78 is 5.21. The van der Waals surface area contributed by atoms with Gasteiger partial charge in [0.05, 0.1) is 12.5 Å². The minimum absolute atomic E-state index is 0.00227. The van der Waals surface area contributed by atoms with E-state index < -0.39 is 5.60 Å². The van der Waals surface area contributed by atoms with Gasteiger partial charge in [0.15, 0.2) is 5.78 Å². The molecule has 0 unspecified atom stereocenters. The third kappa shape index (κ3) is 1.47. The first-order valence-corrected chi connectivity index (χ1v) is 7.84. The van der Waals surface area contributed by atoms with Gasteiger partial charge in [0.1, 0.15) is 5.60 Å². The Balaban J connectivity index is 2.02. The van der Waals surface area contributed by atoms with Crippen LogP contribution < -0.4 is 0 Å². The number of rotatable bonds is 1. The number of carbonyl (C=O) groups excluding carboxylic acids is 1. The standard InChI is InChI=1S/C19H20O3/c1-11-4-6-19(21)12(2)8-15(20)16-14(13-5-7-22-10-13)9-18(11,3)17(16)19/h5,7-11,21H,4,6H2,1-3H3/t11-,18+,19-/m1/s1. The molecule has 0 radical (unpaired) electrons. The van der Waals surface area contributed by atoms with Crippen LogP contribution in [0, 0.1) is 11.3 Å². The molecular weight excluding hydrogens is 276 g/mol. The lowest BCUT2D eigenvalue weighted by Crippen LogP contribution is -2.48. The lowest BCUT2D eigenvalue weighted by atomic mass is 9.57. The van der Waals surface area contributed by atoms with Gasteiger partial charge in [-0.2, -0.15) is 0 Å². The number of hydrogen-bond acceptors (Lipinski definition) is 3. The molecule has 3 atom stereocenters. The maximum Gasteiger partial charge on any atom is 0.186 e. The average molecular weight is 296 g/mol. The summed E-state index contributed by atoms with van der Waals surface area (Å²) in [6, 6.07) is 1.88. The predicted octanol–water partition coefficient (Wildman–Crippen LogP) is 3.67. The zero-order valence-electron chi connectivity index (χ0n) is 13.1. The van der Waals surface area contributed by atoms with Crippen LogP contribution in [0.2, 0.25) is 0 Å². The fourth-order valence-corrected chi connectivity index (χ4v) is 4.42. The monoisotopic (exact) mass is 296 g/mol. The fourth-order valence-electron chi connectivity index (χ4n) is 4.42. The van der Waals surface area contributed by atoms with Crippen molar-refractivity contribution in [3.8, 4) is 0 Å². The van der Waals surface area contributed by atoms with E-state index in [1.54, 1.807) is 18.6 Å². The van der Waals surface area contributed by atoms with Crippen molar-refractivity contribution in [1.29, 1.82) is 0 Å². The van der Waals surface area contributed by atoms with Crippen molar-refractivity contribution < 1.29 is 14.3 Å². The predicted molar refractivity (Wildman–Crippen MR) is 83.9 cm³/mol. The maximum atomic E-state index is 12.7. The number of hydrogen-bond donors (Lipinski definition) is 1. The summed E-state index contributed by atoms with van der Waals surface area (Å²) in [5.41, 5.74) is 2.92. The normalized spacial score (nSPS) is 37.1. The summed E-state index contributed by atoms with van der Waals surface area (Å²) in [5.74, 6) is 0.392. The zero-order chi connectivity index (χ0) is 15.7. The first-order valence-electron chi connectivity index (χ1n) is 7.84. The first-order chi connectivity index (χ1) is 10.4. The molecular formula is C19H20O3. The van der Waals surface area contributed by atoms with Gasteiger partial charge in [-0.25, -0.2) is 0 Å². The van der Waals surface area contributed by atoms with E-state index in [1.165, 1.54) is 0 Å². The molecule has 1 heterocycles. The second-order valence-electron chi connectivity index (χ2n) is 7.09. The Labute approximate surface area is 130 Å². The Hall–Kier alpha value is -1.87. The summed E-state index contributed by atoms with van der Waals surface area (Å²) >= 11 is 0. The molecule has 4 rings (SSSR count). The second-order valence-corrected chi connectivity index (χ2v) is 7.09. The third-order valence-electron chi connectivity index (χ3n) is 5.96. The molecule has 0 amide bonds. The molecule has 3 heteroatoms. The van der Waals surface area contributed by atoms with E-state index >= 15 is 0 Å². The smallest absolute Gasteiger partial charge is 0.186 e. The molecule has 3 aliphatic carbocycles. The van der Waals surface area contributed by atoms with E-state index in [2.05, 4.69) is 19.9 Å². The molecule has 0 aromatic carbocycles. The highest BCUT2D eigenvalue weighted by Crippen LogP contribution is 2.61. The van der Waals surface area contributed by atoms with E-state index in [4.69, 9.17) is 4.42 Å². The van der Waals surface area contributed by atoms with E-state index in [1.807, 2.05) is 13.0 Å². The molecule has 3 aliphatic rings. The van der Waals surface area contributed by atoms with Crippen molar-refractivity contribution in [2.24, 2.45) is 11.3 Å². The van der Waals surface area contributed by atoms with Crippen LogP contribution >= 0.6 is 0 Å². The van der Waals surface area contributed by atoms with Crippen molar-refractivity contribution in [2.45, 2.75) is 39.2 Å². The summed E-state index contributed by atoms with van der Waals surface area (Å²) in [6.07, 6.45) is 8.69. The zero-order valence-corrected chi connectivity index (χ0v) is 13.1. The first kappa shape index (κ1) is 13.8. The Kier molecular flexibility index (Phi) is 2.57. The Morgan fingerprint density at radius 2 is 2.18 bits per heavy atom. The van der Waals surface area contributed by atoms with Crippen LogP contribution in [0.4, 0.5) is 0 Å². The van der Waals surface area contributed by atoms with Crippen LogP contribution in [0.5, 0.6) is 0 Å². The van der Waals surface area contributed by atoms with E-state index in [0.717, 1.165) is 28.7 Å². The van der Waals surface area contributed by atoms with E-state index in [-0.39, 0.29) is 11.2 Å². The molecule has 22 heavy (non-hydrogen) atoms. The molecule has 3 nitrogen and oxygen atoms in total. The molecule has 0 spiro atoms. The summed E-state index contributed by atoms with van der Waals surface area (Å²) in [7, 11) is 0. The fraction of sp³-hybridized carbons (Fsp3) is 0.421. The topological polar surface area (TPSA) is 50.4 Å². The van der Waals surface area contributed by atoms with Crippen molar-refractivity contribution in [3.63, 3.8) is 0 Å². The minimum Gasteiger partial charge on any atom is -0.472 e. The molecule has 1 aromatic heterocycles. The Morgan fingerprint density at radius 3 is 2.86 bits per heavy atom. The molecule has 0 bridgehead atoms. The van der Waals surface area contributed by atoms with Crippen molar-refractivity contribution in [2.75, 3.05) is 0 Å². The summed E-state index contributed by atoms with van der Waals surface area (Å²) in [5, 5.41) is 11.3. The average Bonchev–Trinajstić information content (AvgIpc) is 3.08. The number of carbonyl (C=O) groups is 1. The molecule has 1 fully saturated rings. The van der Waals surface area contributed by atoms with Gasteiger partial charge in [-0.3, -0.25) is 4.79 Å². The molecule has 1 aromatic rings. The van der Waals surface area contributed by atoms with Crippen LogP contribution in [0.15, 0.2) is 51.9 Å². The summed E-state index contributed by atoms with van der Waals surface area (Å²) in [4.78, 5) is 12.7. The van der Waals surface area contributed by atoms with Gasteiger partial charge < -0.3 is 9.52 Å². The lowest BCUT2D eigenvalue weighted by Gasteiger charge is -2.49. The number of ketones is 1. The van der Waals surface area contributed by atoms with E-state index in [9.17, 15) is 9.90 Å². The highest BCUT2D eigenvalue weighted by molar-refractivity contribution is 6.19. The molecule has 114 valence electrons. The Bertz CT molecular complexity index is 763. The van der Waals surface area contributed by atoms with Crippen molar-refractivity contribution >= 4 is 11.4 Å². The quantitative estimate of drug-likeness (QED) is 0.860. The largest absolute Gasteiger partial charge is 0.472 e. The van der Waals surface area contributed by atoms with Gasteiger partial charge >= 0.3 is 0 Å². The number of allylic oxidation sites excluding steroid dienone is 4. The highest BCUT2D eigenvalue weighted by atomic mass is 16.3. The lowest BCUT2D eigenvalue weighted by molar-refractivity contribution is -0.111.